The highest BCUT2D eigenvalue weighted by atomic mass is 16.3. The number of carbonyl (C=O) groups is 1. The molecule has 0 saturated heterocycles. The molecule has 106 valence electrons. The van der Waals surface area contributed by atoms with Gasteiger partial charge in [0.25, 0.3) is 5.91 Å². The van der Waals surface area contributed by atoms with Gasteiger partial charge >= 0.3 is 0 Å². The molecule has 0 fully saturated rings. The van der Waals surface area contributed by atoms with E-state index in [1.807, 2.05) is 6.92 Å². The van der Waals surface area contributed by atoms with Crippen LogP contribution < -0.4 is 5.32 Å². The first-order valence-electron chi connectivity index (χ1n) is 6.50. The molecule has 21 heavy (non-hydrogen) atoms. The molecule has 3 rings (SSSR count). The van der Waals surface area contributed by atoms with Crippen molar-refractivity contribution >= 4 is 22.7 Å². The third-order valence-corrected chi connectivity index (χ3v) is 2.98. The zero-order chi connectivity index (χ0) is 14.8. The van der Waals surface area contributed by atoms with Crippen LogP contribution in [0, 0.1) is 0 Å². The Morgan fingerprint density at radius 3 is 2.95 bits per heavy atom. The zero-order valence-electron chi connectivity index (χ0n) is 11.3. The number of hydrogen-bond donors (Lipinski definition) is 2. The van der Waals surface area contributed by atoms with E-state index in [-0.39, 0.29) is 17.2 Å². The van der Waals surface area contributed by atoms with Crippen LogP contribution in [0.25, 0.3) is 11.1 Å². The molecule has 0 saturated carbocycles. The lowest BCUT2D eigenvalue weighted by molar-refractivity contribution is 0.102. The van der Waals surface area contributed by atoms with Gasteiger partial charge in [0.15, 0.2) is 11.5 Å². The topological polar surface area (TPSA) is 88.2 Å². The Bertz CT molecular complexity index is 811. The average Bonchev–Trinajstić information content (AvgIpc) is 2.89. The van der Waals surface area contributed by atoms with E-state index in [4.69, 9.17) is 4.42 Å². The zero-order valence-corrected chi connectivity index (χ0v) is 11.3. The monoisotopic (exact) mass is 283 g/mol. The van der Waals surface area contributed by atoms with Gasteiger partial charge in [-0.15, -0.1) is 0 Å². The second-order valence-corrected chi connectivity index (χ2v) is 4.53. The minimum atomic E-state index is -0.350. The summed E-state index contributed by atoms with van der Waals surface area (Å²) in [4.78, 5) is 20.1. The summed E-state index contributed by atoms with van der Waals surface area (Å²) in [7, 11) is 0. The quantitative estimate of drug-likeness (QED) is 0.771. The van der Waals surface area contributed by atoms with E-state index in [1.54, 1.807) is 18.2 Å². The lowest BCUT2D eigenvalue weighted by Gasteiger charge is -2.04. The number of fused-ring (bicyclic) bond motifs is 1. The third-order valence-electron chi connectivity index (χ3n) is 2.98. The molecule has 2 aromatic heterocycles. The largest absolute Gasteiger partial charge is 0.506 e. The van der Waals surface area contributed by atoms with Crippen molar-refractivity contribution in [3.63, 3.8) is 0 Å². The van der Waals surface area contributed by atoms with Gasteiger partial charge in [-0.1, -0.05) is 6.92 Å². The number of aryl methyl sites for hydroxylation is 1. The number of amides is 1. The number of rotatable bonds is 3. The maximum absolute atomic E-state index is 12.1. The molecule has 3 aromatic rings. The Morgan fingerprint density at radius 1 is 1.33 bits per heavy atom. The van der Waals surface area contributed by atoms with Crippen LogP contribution in [0.1, 0.15) is 23.2 Å². The highest BCUT2D eigenvalue weighted by Crippen LogP contribution is 2.21. The van der Waals surface area contributed by atoms with Crippen LogP contribution in [0.3, 0.4) is 0 Å². The van der Waals surface area contributed by atoms with E-state index >= 15 is 0 Å². The number of benzene rings is 1. The second-order valence-electron chi connectivity index (χ2n) is 4.53. The van der Waals surface area contributed by atoms with Crippen molar-refractivity contribution in [3.8, 4) is 5.75 Å². The third kappa shape index (κ3) is 2.69. The summed E-state index contributed by atoms with van der Waals surface area (Å²) in [5.41, 5.74) is 2.26. The molecular weight excluding hydrogens is 270 g/mol. The molecule has 0 spiro atoms. The van der Waals surface area contributed by atoms with E-state index in [9.17, 15) is 9.90 Å². The molecular formula is C15H13N3O3. The standard InChI is InChI=1S/C15H13N3O3/c1-2-14-18-12-6-10(3-4-13(12)21-14)17-15(20)9-5-11(19)8-16-7-9/h3-8,19H,2H2,1H3,(H,17,20). The van der Waals surface area contributed by atoms with Gasteiger partial charge in [-0.3, -0.25) is 9.78 Å². The molecule has 1 amide bonds. The molecule has 2 N–H and O–H groups in total. The number of hydrogen-bond acceptors (Lipinski definition) is 5. The number of carbonyl (C=O) groups excluding carboxylic acids is 1. The van der Waals surface area contributed by atoms with Crippen molar-refractivity contribution in [2.24, 2.45) is 0 Å². The number of pyridine rings is 1. The minimum absolute atomic E-state index is 0.0535. The first-order chi connectivity index (χ1) is 10.2. The van der Waals surface area contributed by atoms with Gasteiger partial charge in [-0.05, 0) is 24.3 Å². The molecule has 1 aromatic carbocycles. The van der Waals surface area contributed by atoms with Gasteiger partial charge in [-0.2, -0.15) is 0 Å². The van der Waals surface area contributed by atoms with E-state index in [2.05, 4.69) is 15.3 Å². The van der Waals surface area contributed by atoms with Crippen LogP contribution in [0.2, 0.25) is 0 Å². The van der Waals surface area contributed by atoms with Crippen LogP contribution in [-0.4, -0.2) is 21.0 Å². The number of nitrogens with zero attached hydrogens (tertiary/aromatic N) is 2. The summed E-state index contributed by atoms with van der Waals surface area (Å²) in [6, 6.07) is 6.59. The van der Waals surface area contributed by atoms with Crippen LogP contribution in [0.4, 0.5) is 5.69 Å². The van der Waals surface area contributed by atoms with Gasteiger partial charge < -0.3 is 14.8 Å². The van der Waals surface area contributed by atoms with Gasteiger partial charge in [0, 0.05) is 18.3 Å². The van der Waals surface area contributed by atoms with Crippen molar-refractivity contribution in [2.45, 2.75) is 13.3 Å². The predicted molar refractivity (Wildman–Crippen MR) is 77.2 cm³/mol. The molecule has 0 radical (unpaired) electrons. The fraction of sp³-hybridized carbons (Fsp3) is 0.133. The maximum Gasteiger partial charge on any atom is 0.257 e. The first-order valence-corrected chi connectivity index (χ1v) is 6.50. The molecule has 0 atom stereocenters. The van der Waals surface area contributed by atoms with Crippen LogP contribution in [0.5, 0.6) is 5.75 Å². The second kappa shape index (κ2) is 5.24. The Kier molecular flexibility index (Phi) is 3.27. The minimum Gasteiger partial charge on any atom is -0.506 e. The van der Waals surface area contributed by atoms with Gasteiger partial charge in [0.1, 0.15) is 11.3 Å². The average molecular weight is 283 g/mol. The van der Waals surface area contributed by atoms with Crippen LogP contribution >= 0.6 is 0 Å². The highest BCUT2D eigenvalue weighted by molar-refractivity contribution is 6.04. The Hall–Kier alpha value is -2.89. The van der Waals surface area contributed by atoms with Crippen molar-refractivity contribution in [1.82, 2.24) is 9.97 Å². The molecule has 0 bridgehead atoms. The van der Waals surface area contributed by atoms with Gasteiger partial charge in [-0.25, -0.2) is 4.98 Å². The summed E-state index contributed by atoms with van der Waals surface area (Å²) >= 11 is 0. The molecule has 0 aliphatic heterocycles. The smallest absolute Gasteiger partial charge is 0.257 e. The molecule has 0 aliphatic carbocycles. The maximum atomic E-state index is 12.1. The Labute approximate surface area is 120 Å². The summed E-state index contributed by atoms with van der Waals surface area (Å²) in [5.74, 6) is 0.254. The summed E-state index contributed by atoms with van der Waals surface area (Å²) in [5, 5.41) is 12.1. The van der Waals surface area contributed by atoms with E-state index in [0.29, 0.717) is 29.1 Å². The SMILES string of the molecule is CCc1nc2cc(NC(=O)c3cncc(O)c3)ccc2o1. The lowest BCUT2D eigenvalue weighted by atomic mass is 10.2. The number of aromatic hydroxyl groups is 1. The Morgan fingerprint density at radius 2 is 2.19 bits per heavy atom. The molecule has 0 aliphatic rings. The van der Waals surface area contributed by atoms with E-state index < -0.39 is 0 Å². The predicted octanol–water partition coefficient (Wildman–Crippen LogP) is 2.74. The molecule has 6 heteroatoms. The summed E-state index contributed by atoms with van der Waals surface area (Å²) in [6.07, 6.45) is 3.37. The normalized spacial score (nSPS) is 10.7. The Balaban J connectivity index is 1.85. The fourth-order valence-corrected chi connectivity index (χ4v) is 1.96. The van der Waals surface area contributed by atoms with Crippen molar-refractivity contribution in [3.05, 3.63) is 48.1 Å². The van der Waals surface area contributed by atoms with E-state index in [1.165, 1.54) is 18.5 Å². The van der Waals surface area contributed by atoms with Crippen LogP contribution in [0.15, 0.2) is 41.1 Å². The summed E-state index contributed by atoms with van der Waals surface area (Å²) < 4.78 is 5.51. The highest BCUT2D eigenvalue weighted by Gasteiger charge is 2.09. The van der Waals surface area contributed by atoms with Crippen molar-refractivity contribution < 1.29 is 14.3 Å². The summed E-state index contributed by atoms with van der Waals surface area (Å²) in [6.45, 7) is 1.96. The molecule has 6 nitrogen and oxygen atoms in total. The van der Waals surface area contributed by atoms with Crippen molar-refractivity contribution in [2.75, 3.05) is 5.32 Å². The van der Waals surface area contributed by atoms with Crippen LogP contribution in [-0.2, 0) is 6.42 Å². The van der Waals surface area contributed by atoms with Gasteiger partial charge in [0.05, 0.1) is 11.8 Å². The first kappa shape index (κ1) is 13.1. The van der Waals surface area contributed by atoms with Crippen molar-refractivity contribution in [1.29, 1.82) is 0 Å². The van der Waals surface area contributed by atoms with Gasteiger partial charge in [0.2, 0.25) is 0 Å². The molecule has 0 unspecified atom stereocenters. The fourth-order valence-electron chi connectivity index (χ4n) is 1.96. The number of aromatic nitrogens is 2. The lowest BCUT2D eigenvalue weighted by Crippen LogP contribution is -2.11. The number of oxazole rings is 1. The number of nitrogens with one attached hydrogen (secondary N) is 1. The number of anilines is 1. The molecule has 2 heterocycles. The van der Waals surface area contributed by atoms with E-state index in [0.717, 1.165) is 0 Å².